The standard InChI is InChI=1S/C46H69N3O5/c1-4-5-7-10-33-13-14-37(43(51)27-33)11-8-6-9-12-41(45(52)53)42(50)17-19-46(54)30-36(24-34-18-20-48-44(47)28-34)25-38(46)29-40-16-15-39(49-40)26-35-22-31(2)21-32(3)23-35/h13-16,18,21-23,28,33,36-38,41-43,48-51,54H,4-12,17,19-20,24-27,29-30,47H2,1-3H3,(H,52,53). The molecule has 3 aliphatic rings. The quantitative estimate of drug-likeness (QED) is 0.0503. The summed E-state index contributed by atoms with van der Waals surface area (Å²) in [4.78, 5) is 16.0. The van der Waals surface area contributed by atoms with E-state index in [1.54, 1.807) is 0 Å². The Labute approximate surface area is 324 Å². The van der Waals surface area contributed by atoms with Crippen molar-refractivity contribution in [1.82, 2.24) is 10.3 Å². The van der Waals surface area contributed by atoms with E-state index in [1.165, 1.54) is 41.5 Å². The number of allylic oxidation sites excluding steroid dienone is 3. The average molecular weight is 744 g/mol. The average Bonchev–Trinajstić information content (AvgIpc) is 3.68. The first-order valence-electron chi connectivity index (χ1n) is 21.0. The molecule has 0 spiro atoms. The molecule has 8 heteroatoms. The van der Waals surface area contributed by atoms with Crippen LogP contribution in [0.5, 0.6) is 0 Å². The lowest BCUT2D eigenvalue weighted by molar-refractivity contribution is -0.146. The number of aryl methyl sites for hydroxylation is 2. The Balaban J connectivity index is 1.15. The first kappa shape index (κ1) is 41.8. The second kappa shape index (κ2) is 20.0. The number of aliphatic hydroxyl groups is 3. The molecule has 1 aromatic heterocycles. The molecule has 8 atom stereocenters. The number of hydrogen-bond donors (Lipinski definition) is 7. The van der Waals surface area contributed by atoms with Crippen molar-refractivity contribution < 1.29 is 25.2 Å². The SMILES string of the molecule is CCCCCC1C=CC(CCCCCC(C(=O)O)C(O)CCC2(O)CC(CC3=CCNC(N)=C3)CC2Cc2ccc(Cc3cc(C)cc(C)c3)[nH]2)C(O)C1. The zero-order chi connectivity index (χ0) is 38.7. The summed E-state index contributed by atoms with van der Waals surface area (Å²) in [6.45, 7) is 7.16. The Morgan fingerprint density at radius 1 is 0.963 bits per heavy atom. The molecule has 54 heavy (non-hydrogen) atoms. The van der Waals surface area contributed by atoms with Crippen LogP contribution in [0, 0.1) is 43.4 Å². The fraction of sp³-hybridized carbons (Fsp3) is 0.630. The predicted molar refractivity (Wildman–Crippen MR) is 218 cm³/mol. The Hall–Kier alpha value is -3.33. The third-order valence-corrected chi connectivity index (χ3v) is 12.6. The van der Waals surface area contributed by atoms with Crippen molar-refractivity contribution in [3.8, 4) is 0 Å². The van der Waals surface area contributed by atoms with Gasteiger partial charge >= 0.3 is 5.97 Å². The molecule has 8 nitrogen and oxygen atoms in total. The molecular weight excluding hydrogens is 675 g/mol. The summed E-state index contributed by atoms with van der Waals surface area (Å²) in [6.07, 6.45) is 21.2. The molecule has 1 aromatic carbocycles. The number of aromatic nitrogens is 1. The van der Waals surface area contributed by atoms with Gasteiger partial charge in [-0.15, -0.1) is 0 Å². The highest BCUT2D eigenvalue weighted by molar-refractivity contribution is 5.70. The fourth-order valence-corrected chi connectivity index (χ4v) is 9.71. The summed E-state index contributed by atoms with van der Waals surface area (Å²) >= 11 is 0. The first-order valence-corrected chi connectivity index (χ1v) is 21.0. The Kier molecular flexibility index (Phi) is 15.5. The number of aromatic amines is 1. The molecule has 8 N–H and O–H groups in total. The summed E-state index contributed by atoms with van der Waals surface area (Å²) in [5.41, 5.74) is 12.3. The minimum atomic E-state index is -1.02. The van der Waals surface area contributed by atoms with Crippen LogP contribution in [0.3, 0.4) is 0 Å². The summed E-state index contributed by atoms with van der Waals surface area (Å²) < 4.78 is 0. The van der Waals surface area contributed by atoms with Gasteiger partial charge in [-0.1, -0.05) is 93.0 Å². The second-order valence-electron chi connectivity index (χ2n) is 17.3. The van der Waals surface area contributed by atoms with Gasteiger partial charge < -0.3 is 36.5 Å². The molecule has 0 radical (unpaired) electrons. The molecule has 298 valence electrons. The van der Waals surface area contributed by atoms with Gasteiger partial charge in [0, 0.05) is 30.3 Å². The molecule has 2 heterocycles. The van der Waals surface area contributed by atoms with E-state index in [-0.39, 0.29) is 30.3 Å². The Morgan fingerprint density at radius 2 is 1.72 bits per heavy atom. The number of hydrogen-bond acceptors (Lipinski definition) is 6. The van der Waals surface area contributed by atoms with Crippen LogP contribution >= 0.6 is 0 Å². The minimum absolute atomic E-state index is 0.0230. The van der Waals surface area contributed by atoms with Gasteiger partial charge in [0.2, 0.25) is 0 Å². The molecule has 1 saturated carbocycles. The number of dihydropyridines is 1. The topological polar surface area (TPSA) is 152 Å². The van der Waals surface area contributed by atoms with Crippen LogP contribution in [-0.2, 0) is 17.6 Å². The molecule has 0 bridgehead atoms. The van der Waals surface area contributed by atoms with Crippen molar-refractivity contribution in [3.05, 3.63) is 94.1 Å². The highest BCUT2D eigenvalue weighted by atomic mass is 16.4. The number of aliphatic hydroxyl groups excluding tert-OH is 2. The zero-order valence-electron chi connectivity index (χ0n) is 33.2. The molecule has 5 rings (SSSR count). The molecule has 8 unspecified atom stereocenters. The van der Waals surface area contributed by atoms with E-state index in [2.05, 4.69) is 79.6 Å². The Bertz CT molecular complexity index is 1570. The van der Waals surface area contributed by atoms with Crippen molar-refractivity contribution in [1.29, 1.82) is 0 Å². The normalized spacial score (nSPS) is 26.6. The van der Waals surface area contributed by atoms with E-state index in [0.29, 0.717) is 50.4 Å². The Morgan fingerprint density at radius 3 is 2.44 bits per heavy atom. The molecule has 0 amide bonds. The van der Waals surface area contributed by atoms with Gasteiger partial charge in [-0.25, -0.2) is 0 Å². The second-order valence-corrected chi connectivity index (χ2v) is 17.3. The van der Waals surface area contributed by atoms with E-state index in [4.69, 9.17) is 5.73 Å². The maximum Gasteiger partial charge on any atom is 0.309 e. The van der Waals surface area contributed by atoms with E-state index in [1.807, 2.05) is 6.08 Å². The smallest absolute Gasteiger partial charge is 0.309 e. The summed E-state index contributed by atoms with van der Waals surface area (Å²) in [5, 5.41) is 47.6. The molecule has 2 aromatic rings. The predicted octanol–water partition coefficient (Wildman–Crippen LogP) is 8.17. The molecule has 2 aliphatic carbocycles. The highest BCUT2D eigenvalue weighted by Crippen LogP contribution is 2.47. The first-order chi connectivity index (χ1) is 25.9. The van der Waals surface area contributed by atoms with Crippen LogP contribution in [0.25, 0.3) is 0 Å². The number of benzene rings is 1. The molecule has 1 aliphatic heterocycles. The molecule has 0 saturated heterocycles. The van der Waals surface area contributed by atoms with Gasteiger partial charge in [0.1, 0.15) is 0 Å². The lowest BCUT2D eigenvalue weighted by Crippen LogP contribution is -2.37. The van der Waals surface area contributed by atoms with Crippen LogP contribution in [0.15, 0.2) is 66.0 Å². The van der Waals surface area contributed by atoms with Gasteiger partial charge in [0.15, 0.2) is 0 Å². The zero-order valence-corrected chi connectivity index (χ0v) is 33.2. The maximum atomic E-state index is 12.4. The number of nitrogens with two attached hydrogens (primary N) is 1. The van der Waals surface area contributed by atoms with E-state index in [0.717, 1.165) is 62.8 Å². The number of H-pyrrole nitrogens is 1. The van der Waals surface area contributed by atoms with Gasteiger partial charge in [-0.2, -0.15) is 0 Å². The van der Waals surface area contributed by atoms with Gasteiger partial charge in [0.25, 0.3) is 0 Å². The van der Waals surface area contributed by atoms with Crippen LogP contribution in [0.4, 0.5) is 0 Å². The van der Waals surface area contributed by atoms with Gasteiger partial charge in [-0.3, -0.25) is 4.79 Å². The third kappa shape index (κ3) is 12.3. The number of carbonyl (C=O) groups is 1. The van der Waals surface area contributed by atoms with Crippen molar-refractivity contribution in [2.45, 2.75) is 148 Å². The third-order valence-electron chi connectivity index (χ3n) is 12.6. The number of unbranched alkanes of at least 4 members (excludes halogenated alkanes) is 4. The van der Waals surface area contributed by atoms with Crippen LogP contribution < -0.4 is 11.1 Å². The van der Waals surface area contributed by atoms with E-state index < -0.39 is 23.6 Å². The summed E-state index contributed by atoms with van der Waals surface area (Å²) in [5.74, 6) is -0.283. The van der Waals surface area contributed by atoms with E-state index in [9.17, 15) is 25.2 Å². The number of aliphatic carboxylic acids is 1. The van der Waals surface area contributed by atoms with Crippen molar-refractivity contribution in [2.24, 2.45) is 35.3 Å². The summed E-state index contributed by atoms with van der Waals surface area (Å²) in [6, 6.07) is 10.9. The monoisotopic (exact) mass is 744 g/mol. The van der Waals surface area contributed by atoms with Crippen molar-refractivity contribution in [3.63, 3.8) is 0 Å². The minimum Gasteiger partial charge on any atom is -0.481 e. The maximum absolute atomic E-state index is 12.4. The highest BCUT2D eigenvalue weighted by Gasteiger charge is 2.46. The number of carboxylic acids is 1. The molecular formula is C46H69N3O5. The largest absolute Gasteiger partial charge is 0.481 e. The van der Waals surface area contributed by atoms with E-state index >= 15 is 0 Å². The number of rotatable bonds is 21. The van der Waals surface area contributed by atoms with Crippen LogP contribution in [0.2, 0.25) is 0 Å². The lowest BCUT2D eigenvalue weighted by atomic mass is 9.80. The number of carboxylic acid groups (broad SMARTS) is 1. The summed E-state index contributed by atoms with van der Waals surface area (Å²) in [7, 11) is 0. The number of nitrogens with one attached hydrogen (secondary N) is 2. The fourth-order valence-electron chi connectivity index (χ4n) is 9.71. The van der Waals surface area contributed by atoms with Gasteiger partial charge in [-0.05, 0) is 125 Å². The van der Waals surface area contributed by atoms with Crippen LogP contribution in [-0.4, -0.2) is 55.7 Å². The molecule has 1 fully saturated rings. The van der Waals surface area contributed by atoms with Gasteiger partial charge in [0.05, 0.1) is 29.5 Å². The van der Waals surface area contributed by atoms with Crippen molar-refractivity contribution >= 4 is 5.97 Å². The van der Waals surface area contributed by atoms with Crippen LogP contribution in [0.1, 0.15) is 131 Å². The lowest BCUT2D eigenvalue weighted by Gasteiger charge is -2.32. The van der Waals surface area contributed by atoms with Crippen molar-refractivity contribution in [2.75, 3.05) is 6.54 Å².